The molecule has 4 heteroatoms. The predicted octanol–water partition coefficient (Wildman–Crippen LogP) is 3.21. The Hall–Kier alpha value is -2.23. The van der Waals surface area contributed by atoms with Crippen LogP contribution < -0.4 is 0 Å². The van der Waals surface area contributed by atoms with Crippen molar-refractivity contribution in [1.29, 1.82) is 0 Å². The van der Waals surface area contributed by atoms with Crippen LogP contribution >= 0.6 is 0 Å². The zero-order valence-electron chi connectivity index (χ0n) is 9.68. The van der Waals surface area contributed by atoms with E-state index >= 15 is 0 Å². The van der Waals surface area contributed by atoms with Gasteiger partial charge in [0.15, 0.2) is 0 Å². The molecule has 1 atom stereocenters. The Morgan fingerprint density at radius 2 is 2.11 bits per heavy atom. The van der Waals surface area contributed by atoms with Crippen LogP contribution in [0, 0.1) is 5.95 Å². The average Bonchev–Trinajstić information content (AvgIpc) is 2.90. The first kappa shape index (κ1) is 10.9. The first-order valence-corrected chi connectivity index (χ1v) is 5.83. The number of pyridine rings is 1. The van der Waals surface area contributed by atoms with Crippen molar-refractivity contribution in [2.24, 2.45) is 0 Å². The number of nitrogens with zero attached hydrogens (tertiary/aromatic N) is 2. The number of allylic oxidation sites excluding steroid dienone is 4. The minimum atomic E-state index is -0.481. The van der Waals surface area contributed by atoms with E-state index in [0.29, 0.717) is 5.92 Å². The van der Waals surface area contributed by atoms with Crippen LogP contribution in [0.3, 0.4) is 0 Å². The lowest BCUT2D eigenvalue weighted by Crippen LogP contribution is -1.96. The van der Waals surface area contributed by atoms with E-state index in [1.54, 1.807) is 6.07 Å². The molecule has 1 aliphatic rings. The molecule has 1 aliphatic carbocycles. The molecule has 2 aromatic rings. The summed E-state index contributed by atoms with van der Waals surface area (Å²) in [6.45, 7) is 0. The third-order valence-corrected chi connectivity index (χ3v) is 2.98. The lowest BCUT2D eigenvalue weighted by Gasteiger charge is -2.09. The van der Waals surface area contributed by atoms with Crippen LogP contribution in [0.2, 0.25) is 0 Å². The summed E-state index contributed by atoms with van der Waals surface area (Å²) in [7, 11) is 0. The Morgan fingerprint density at radius 1 is 1.17 bits per heavy atom. The molecular formula is C14H12FN3. The van der Waals surface area contributed by atoms with Gasteiger partial charge in [0.25, 0.3) is 0 Å². The topological polar surface area (TPSA) is 41.6 Å². The molecule has 0 bridgehead atoms. The van der Waals surface area contributed by atoms with Crippen molar-refractivity contribution in [2.45, 2.75) is 12.3 Å². The van der Waals surface area contributed by atoms with Gasteiger partial charge in [0.2, 0.25) is 5.95 Å². The molecule has 0 aliphatic heterocycles. The first-order chi connectivity index (χ1) is 8.83. The third kappa shape index (κ3) is 2.09. The predicted molar refractivity (Wildman–Crippen MR) is 67.4 cm³/mol. The molecule has 1 N–H and O–H groups in total. The molecule has 0 aromatic carbocycles. The van der Waals surface area contributed by atoms with Gasteiger partial charge in [-0.3, -0.25) is 0 Å². The maximum absolute atomic E-state index is 12.7. The summed E-state index contributed by atoms with van der Waals surface area (Å²) >= 11 is 0. The number of halogens is 1. The highest BCUT2D eigenvalue weighted by Crippen LogP contribution is 2.25. The Morgan fingerprint density at radius 3 is 2.83 bits per heavy atom. The number of H-pyrrole nitrogens is 1. The largest absolute Gasteiger partial charge is 0.341 e. The quantitative estimate of drug-likeness (QED) is 0.820. The second-order valence-electron chi connectivity index (χ2n) is 4.21. The smallest absolute Gasteiger partial charge is 0.212 e. The van der Waals surface area contributed by atoms with Crippen molar-refractivity contribution in [3.05, 3.63) is 60.5 Å². The van der Waals surface area contributed by atoms with E-state index in [1.165, 1.54) is 12.3 Å². The molecule has 0 saturated heterocycles. The summed E-state index contributed by atoms with van der Waals surface area (Å²) in [5.41, 5.74) is 1.85. The van der Waals surface area contributed by atoms with Crippen LogP contribution in [0.5, 0.6) is 0 Å². The molecule has 2 heterocycles. The maximum atomic E-state index is 12.7. The molecule has 90 valence electrons. The standard InChI is InChI=1S/C14H12FN3/c15-13-7-6-11(8-16-13)14-17-9-12(18-14)10-4-2-1-3-5-10/h1-4,6-10H,5H2,(H,17,18). The van der Waals surface area contributed by atoms with Gasteiger partial charge in [0.05, 0.1) is 0 Å². The number of hydrogen-bond acceptors (Lipinski definition) is 2. The second-order valence-corrected chi connectivity index (χ2v) is 4.21. The summed E-state index contributed by atoms with van der Waals surface area (Å²) in [6.07, 6.45) is 12.6. The van der Waals surface area contributed by atoms with E-state index < -0.39 is 5.95 Å². The summed E-state index contributed by atoms with van der Waals surface area (Å²) < 4.78 is 12.7. The molecule has 3 rings (SSSR count). The van der Waals surface area contributed by atoms with Gasteiger partial charge in [0, 0.05) is 29.6 Å². The van der Waals surface area contributed by atoms with Gasteiger partial charge in [-0.1, -0.05) is 24.3 Å². The van der Waals surface area contributed by atoms with E-state index in [-0.39, 0.29) is 0 Å². The van der Waals surface area contributed by atoms with E-state index in [0.717, 1.165) is 23.5 Å². The van der Waals surface area contributed by atoms with Gasteiger partial charge in [-0.2, -0.15) is 4.39 Å². The molecule has 2 aromatic heterocycles. The molecule has 3 nitrogen and oxygen atoms in total. The number of aromatic amines is 1. The molecule has 0 fully saturated rings. The minimum Gasteiger partial charge on any atom is -0.341 e. The van der Waals surface area contributed by atoms with Gasteiger partial charge >= 0.3 is 0 Å². The lowest BCUT2D eigenvalue weighted by molar-refractivity contribution is 0.584. The van der Waals surface area contributed by atoms with Gasteiger partial charge in [-0.25, -0.2) is 9.97 Å². The Kier molecular flexibility index (Phi) is 2.76. The zero-order chi connectivity index (χ0) is 12.4. The number of nitrogens with one attached hydrogen (secondary N) is 1. The highest BCUT2D eigenvalue weighted by molar-refractivity contribution is 5.53. The van der Waals surface area contributed by atoms with E-state index in [1.807, 2.05) is 18.3 Å². The molecule has 1 unspecified atom stereocenters. The van der Waals surface area contributed by atoms with Gasteiger partial charge in [-0.15, -0.1) is 0 Å². The SMILES string of the molecule is Fc1ccc(-c2ncc(C3C=CC=CC3)[nH]2)cn1. The van der Waals surface area contributed by atoms with Crippen LogP contribution in [0.15, 0.2) is 48.8 Å². The first-order valence-electron chi connectivity index (χ1n) is 5.83. The van der Waals surface area contributed by atoms with E-state index in [4.69, 9.17) is 0 Å². The Balaban J connectivity index is 1.87. The van der Waals surface area contributed by atoms with Crippen LogP contribution in [-0.2, 0) is 0 Å². The Bertz CT molecular complexity index is 596. The summed E-state index contributed by atoms with van der Waals surface area (Å²) in [6, 6.07) is 3.00. The van der Waals surface area contributed by atoms with Gasteiger partial charge < -0.3 is 4.98 Å². The van der Waals surface area contributed by atoms with Crippen molar-refractivity contribution in [3.8, 4) is 11.4 Å². The van der Waals surface area contributed by atoms with Crippen LogP contribution in [0.25, 0.3) is 11.4 Å². The second kappa shape index (κ2) is 4.56. The molecule has 0 spiro atoms. The number of aromatic nitrogens is 3. The molecule has 0 amide bonds. The zero-order valence-corrected chi connectivity index (χ0v) is 9.68. The summed E-state index contributed by atoms with van der Waals surface area (Å²) in [5, 5.41) is 0. The average molecular weight is 241 g/mol. The highest BCUT2D eigenvalue weighted by Gasteiger charge is 2.12. The van der Waals surface area contributed by atoms with E-state index in [2.05, 4.69) is 27.1 Å². The monoisotopic (exact) mass is 241 g/mol. The fourth-order valence-electron chi connectivity index (χ4n) is 2.00. The normalized spacial score (nSPS) is 18.2. The summed E-state index contributed by atoms with van der Waals surface area (Å²) in [4.78, 5) is 11.2. The van der Waals surface area contributed by atoms with Crippen molar-refractivity contribution in [3.63, 3.8) is 0 Å². The van der Waals surface area contributed by atoms with Gasteiger partial charge in [-0.05, 0) is 18.6 Å². The maximum Gasteiger partial charge on any atom is 0.212 e. The number of imidazole rings is 1. The van der Waals surface area contributed by atoms with Crippen molar-refractivity contribution in [2.75, 3.05) is 0 Å². The molecule has 0 radical (unpaired) electrons. The van der Waals surface area contributed by atoms with Crippen LogP contribution in [0.1, 0.15) is 18.0 Å². The summed E-state index contributed by atoms with van der Waals surface area (Å²) in [5.74, 6) is 0.580. The minimum absolute atomic E-state index is 0.338. The fourth-order valence-corrected chi connectivity index (χ4v) is 2.00. The van der Waals surface area contributed by atoms with Crippen LogP contribution in [0.4, 0.5) is 4.39 Å². The Labute approximate surface area is 104 Å². The van der Waals surface area contributed by atoms with Gasteiger partial charge in [0.1, 0.15) is 5.82 Å². The number of rotatable bonds is 2. The molecule has 18 heavy (non-hydrogen) atoms. The molecular weight excluding hydrogens is 229 g/mol. The highest BCUT2D eigenvalue weighted by atomic mass is 19.1. The fraction of sp³-hybridized carbons (Fsp3) is 0.143. The van der Waals surface area contributed by atoms with Crippen molar-refractivity contribution in [1.82, 2.24) is 15.0 Å². The molecule has 0 saturated carbocycles. The van der Waals surface area contributed by atoms with Crippen molar-refractivity contribution >= 4 is 0 Å². The van der Waals surface area contributed by atoms with Crippen molar-refractivity contribution < 1.29 is 4.39 Å². The third-order valence-electron chi connectivity index (χ3n) is 2.98. The van der Waals surface area contributed by atoms with Crippen LogP contribution in [-0.4, -0.2) is 15.0 Å². The number of hydrogen-bond donors (Lipinski definition) is 1. The van der Waals surface area contributed by atoms with E-state index in [9.17, 15) is 4.39 Å². The lowest BCUT2D eigenvalue weighted by atomic mass is 9.98.